The van der Waals surface area contributed by atoms with Gasteiger partial charge in [0.1, 0.15) is 0 Å². The van der Waals surface area contributed by atoms with E-state index in [2.05, 4.69) is 6.92 Å². The summed E-state index contributed by atoms with van der Waals surface area (Å²) in [5, 5.41) is 1.69. The lowest BCUT2D eigenvalue weighted by Crippen LogP contribution is -1.84. The minimum atomic E-state index is -0.338. The molecule has 0 atom stereocenters. The molecule has 78 valence electrons. The van der Waals surface area contributed by atoms with Crippen molar-refractivity contribution in [1.82, 2.24) is 0 Å². The number of thiophene rings is 1. The highest BCUT2D eigenvalue weighted by Crippen LogP contribution is 2.18. The second-order valence-corrected chi connectivity index (χ2v) is 4.66. The van der Waals surface area contributed by atoms with E-state index in [0.717, 1.165) is 6.42 Å². The third-order valence-corrected chi connectivity index (χ3v) is 3.46. The third kappa shape index (κ3) is 3.81. The third-order valence-electron chi connectivity index (χ3n) is 2.17. The van der Waals surface area contributed by atoms with Crippen molar-refractivity contribution in [2.24, 2.45) is 0 Å². The molecule has 1 aromatic rings. The molecule has 1 nitrogen and oxygen atoms in total. The van der Waals surface area contributed by atoms with Crippen LogP contribution in [0.25, 0.3) is 0 Å². The SMILES string of the molecule is CCCCCCc1csc(C(=O)Cl)c1. The molecule has 0 N–H and O–H groups in total. The molecule has 0 bridgehead atoms. The Hall–Kier alpha value is -0.340. The summed E-state index contributed by atoms with van der Waals surface area (Å²) in [5.41, 5.74) is 1.25. The van der Waals surface area contributed by atoms with Crippen molar-refractivity contribution in [3.63, 3.8) is 0 Å². The van der Waals surface area contributed by atoms with Gasteiger partial charge < -0.3 is 0 Å². The molecule has 0 saturated carbocycles. The first-order chi connectivity index (χ1) is 6.74. The van der Waals surface area contributed by atoms with E-state index < -0.39 is 0 Å². The van der Waals surface area contributed by atoms with E-state index >= 15 is 0 Å². The fraction of sp³-hybridized carbons (Fsp3) is 0.545. The number of hydrogen-bond acceptors (Lipinski definition) is 2. The van der Waals surface area contributed by atoms with Crippen LogP contribution >= 0.6 is 22.9 Å². The Labute approximate surface area is 94.1 Å². The van der Waals surface area contributed by atoms with Crippen LogP contribution in [0.5, 0.6) is 0 Å². The highest BCUT2D eigenvalue weighted by molar-refractivity contribution is 7.14. The van der Waals surface area contributed by atoms with E-state index in [0.29, 0.717) is 4.88 Å². The van der Waals surface area contributed by atoms with Crippen LogP contribution in [0.1, 0.15) is 47.8 Å². The van der Waals surface area contributed by atoms with Crippen molar-refractivity contribution in [3.8, 4) is 0 Å². The molecule has 0 unspecified atom stereocenters. The van der Waals surface area contributed by atoms with Gasteiger partial charge in [0, 0.05) is 0 Å². The fourth-order valence-corrected chi connectivity index (χ4v) is 2.33. The Morgan fingerprint density at radius 3 is 2.79 bits per heavy atom. The topological polar surface area (TPSA) is 17.1 Å². The first-order valence-corrected chi connectivity index (χ1v) is 6.27. The van der Waals surface area contributed by atoms with Gasteiger partial charge in [-0.15, -0.1) is 11.3 Å². The molecule has 0 aliphatic carbocycles. The summed E-state index contributed by atoms with van der Waals surface area (Å²) < 4.78 is 0. The molecule has 14 heavy (non-hydrogen) atoms. The van der Waals surface area contributed by atoms with Gasteiger partial charge in [-0.1, -0.05) is 26.2 Å². The molecule has 0 aliphatic heterocycles. The summed E-state index contributed by atoms with van der Waals surface area (Å²) in [6, 6.07) is 1.91. The largest absolute Gasteiger partial charge is 0.275 e. The Bertz CT molecular complexity index is 293. The van der Waals surface area contributed by atoms with Crippen molar-refractivity contribution >= 4 is 28.2 Å². The Morgan fingerprint density at radius 2 is 2.21 bits per heavy atom. The van der Waals surface area contributed by atoms with Crippen molar-refractivity contribution in [2.75, 3.05) is 0 Å². The Kier molecular flexibility index (Phi) is 5.20. The second-order valence-electron chi connectivity index (χ2n) is 3.40. The van der Waals surface area contributed by atoms with Crippen LogP contribution < -0.4 is 0 Å². The summed E-state index contributed by atoms with van der Waals surface area (Å²) in [7, 11) is 0. The van der Waals surface area contributed by atoms with E-state index in [1.165, 1.54) is 42.6 Å². The number of rotatable bonds is 6. The first-order valence-electron chi connectivity index (χ1n) is 5.01. The molecule has 1 rings (SSSR count). The van der Waals surface area contributed by atoms with Gasteiger partial charge in [0.2, 0.25) is 0 Å². The Balaban J connectivity index is 2.33. The molecule has 0 aliphatic rings. The number of carbonyl (C=O) groups is 1. The quantitative estimate of drug-likeness (QED) is 0.528. The first kappa shape index (κ1) is 11.7. The summed E-state index contributed by atoms with van der Waals surface area (Å²) in [6.45, 7) is 2.20. The standard InChI is InChI=1S/C11H15ClOS/c1-2-3-4-5-6-9-7-10(11(12)13)14-8-9/h7-8H,2-6H2,1H3. The van der Waals surface area contributed by atoms with E-state index in [1.807, 2.05) is 11.4 Å². The lowest BCUT2D eigenvalue weighted by Gasteiger charge is -1.96. The molecule has 0 fully saturated rings. The van der Waals surface area contributed by atoms with Gasteiger partial charge in [-0.3, -0.25) is 4.79 Å². The van der Waals surface area contributed by atoms with E-state index in [-0.39, 0.29) is 5.24 Å². The van der Waals surface area contributed by atoms with E-state index in [1.54, 1.807) is 0 Å². The number of hydrogen-bond donors (Lipinski definition) is 0. The molecule has 1 aromatic heterocycles. The van der Waals surface area contributed by atoms with Crippen LogP contribution in [0.2, 0.25) is 0 Å². The maximum atomic E-state index is 10.8. The van der Waals surface area contributed by atoms with E-state index in [4.69, 9.17) is 11.6 Å². The second kappa shape index (κ2) is 6.20. The monoisotopic (exact) mass is 230 g/mol. The zero-order valence-electron chi connectivity index (χ0n) is 8.38. The van der Waals surface area contributed by atoms with Crippen LogP contribution in [0.15, 0.2) is 11.4 Å². The van der Waals surface area contributed by atoms with Gasteiger partial charge in [0.25, 0.3) is 5.24 Å². The number of carbonyl (C=O) groups excluding carboxylic acids is 1. The van der Waals surface area contributed by atoms with Crippen LogP contribution in [-0.2, 0) is 6.42 Å². The molecule has 3 heteroatoms. The average Bonchev–Trinajstić information content (AvgIpc) is 2.61. The molecule has 0 radical (unpaired) electrons. The normalized spacial score (nSPS) is 10.4. The molecule has 0 aromatic carbocycles. The molecule has 0 saturated heterocycles. The van der Waals surface area contributed by atoms with Crippen LogP contribution in [0.3, 0.4) is 0 Å². The average molecular weight is 231 g/mol. The predicted octanol–water partition coefficient (Wildman–Crippen LogP) is 4.25. The van der Waals surface area contributed by atoms with Crippen molar-refractivity contribution in [3.05, 3.63) is 21.9 Å². The maximum Gasteiger partial charge on any atom is 0.262 e. The lowest BCUT2D eigenvalue weighted by molar-refractivity contribution is 0.108. The highest BCUT2D eigenvalue weighted by atomic mass is 35.5. The summed E-state index contributed by atoms with van der Waals surface area (Å²) >= 11 is 6.81. The van der Waals surface area contributed by atoms with Crippen molar-refractivity contribution in [2.45, 2.75) is 39.0 Å². The lowest BCUT2D eigenvalue weighted by atomic mass is 10.1. The number of aryl methyl sites for hydroxylation is 1. The smallest absolute Gasteiger partial charge is 0.262 e. The van der Waals surface area contributed by atoms with Gasteiger partial charge in [0.05, 0.1) is 4.88 Å². The van der Waals surface area contributed by atoms with Gasteiger partial charge >= 0.3 is 0 Å². The zero-order chi connectivity index (χ0) is 10.4. The summed E-state index contributed by atoms with van der Waals surface area (Å²) in [4.78, 5) is 11.5. The van der Waals surface area contributed by atoms with Gasteiger partial charge in [-0.2, -0.15) is 0 Å². The predicted molar refractivity (Wildman–Crippen MR) is 62.3 cm³/mol. The molecule has 1 heterocycles. The fourth-order valence-electron chi connectivity index (χ4n) is 1.37. The molecule has 0 spiro atoms. The highest BCUT2D eigenvalue weighted by Gasteiger charge is 2.05. The van der Waals surface area contributed by atoms with Crippen LogP contribution in [0, 0.1) is 0 Å². The van der Waals surface area contributed by atoms with Crippen molar-refractivity contribution in [1.29, 1.82) is 0 Å². The number of unbranched alkanes of at least 4 members (excludes halogenated alkanes) is 3. The Morgan fingerprint density at radius 1 is 1.43 bits per heavy atom. The minimum absolute atomic E-state index is 0.338. The van der Waals surface area contributed by atoms with Crippen molar-refractivity contribution < 1.29 is 4.79 Å². The summed E-state index contributed by atoms with van der Waals surface area (Å²) in [6.07, 6.45) is 6.11. The molecular formula is C11H15ClOS. The van der Waals surface area contributed by atoms with Gasteiger partial charge in [0.15, 0.2) is 0 Å². The minimum Gasteiger partial charge on any atom is -0.275 e. The summed E-state index contributed by atoms with van der Waals surface area (Å²) in [5.74, 6) is 0. The van der Waals surface area contributed by atoms with E-state index in [9.17, 15) is 4.79 Å². The molecule has 0 amide bonds. The van der Waals surface area contributed by atoms with Gasteiger partial charge in [-0.05, 0) is 41.5 Å². The molecular weight excluding hydrogens is 216 g/mol. The van der Waals surface area contributed by atoms with Crippen LogP contribution in [0.4, 0.5) is 0 Å². The van der Waals surface area contributed by atoms with Gasteiger partial charge in [-0.25, -0.2) is 0 Å². The maximum absolute atomic E-state index is 10.8. The zero-order valence-corrected chi connectivity index (χ0v) is 9.96. The van der Waals surface area contributed by atoms with Crippen LogP contribution in [-0.4, -0.2) is 5.24 Å². The number of halogens is 1.